The molecule has 1 unspecified atom stereocenters. The Bertz CT molecular complexity index is 589. The number of rotatable bonds is 6. The van der Waals surface area contributed by atoms with Crippen LogP contribution >= 0.6 is 0 Å². The first-order valence-corrected chi connectivity index (χ1v) is 8.00. The van der Waals surface area contributed by atoms with Crippen LogP contribution in [0.1, 0.15) is 43.0 Å². The Morgan fingerprint density at radius 3 is 2.18 bits per heavy atom. The Hall–Kier alpha value is -2.09. The average Bonchev–Trinajstić information content (AvgIpc) is 2.59. The molecule has 116 valence electrons. The lowest BCUT2D eigenvalue weighted by atomic mass is 10.0. The maximum absolute atomic E-state index is 12.4. The second-order valence-electron chi connectivity index (χ2n) is 5.76. The lowest BCUT2D eigenvalue weighted by molar-refractivity contribution is -0.131. The van der Waals surface area contributed by atoms with Crippen molar-refractivity contribution in [3.05, 3.63) is 71.3 Å². The Kier molecular flexibility index (Phi) is 5.76. The number of carbonyl (C=O) groups excluding carboxylic acids is 1. The summed E-state index contributed by atoms with van der Waals surface area (Å²) in [6.07, 6.45) is 2.41. The molecule has 0 heterocycles. The molecular weight excluding hydrogens is 270 g/mol. The van der Waals surface area contributed by atoms with Crippen molar-refractivity contribution in [1.82, 2.24) is 4.90 Å². The van der Waals surface area contributed by atoms with Gasteiger partial charge in [0.25, 0.3) is 0 Å². The molecule has 2 heteroatoms. The number of carbonyl (C=O) groups is 1. The second kappa shape index (κ2) is 7.79. The fourth-order valence-electron chi connectivity index (χ4n) is 2.54. The van der Waals surface area contributed by atoms with Crippen molar-refractivity contribution < 1.29 is 4.79 Å². The molecule has 2 aromatic rings. The normalized spacial score (nSPS) is 12.0. The standard InChI is InChI=1S/C20H25NO/c1-4-17-10-12-18(13-11-17)14-15-20(22)21(3)16(2)19-8-6-5-7-9-19/h5-13,16H,4,14-15H2,1-3H3. The van der Waals surface area contributed by atoms with Gasteiger partial charge in [-0.1, -0.05) is 61.5 Å². The molecule has 0 spiro atoms. The van der Waals surface area contributed by atoms with E-state index in [-0.39, 0.29) is 11.9 Å². The number of nitrogens with zero attached hydrogens (tertiary/aromatic N) is 1. The zero-order valence-electron chi connectivity index (χ0n) is 13.8. The predicted molar refractivity (Wildman–Crippen MR) is 91.8 cm³/mol. The molecule has 1 amide bonds. The third-order valence-corrected chi connectivity index (χ3v) is 4.32. The minimum absolute atomic E-state index is 0.108. The van der Waals surface area contributed by atoms with Gasteiger partial charge >= 0.3 is 0 Å². The highest BCUT2D eigenvalue weighted by Crippen LogP contribution is 2.19. The molecule has 2 rings (SSSR count). The van der Waals surface area contributed by atoms with E-state index in [1.54, 1.807) is 0 Å². The molecule has 2 aromatic carbocycles. The van der Waals surface area contributed by atoms with Crippen molar-refractivity contribution in [2.24, 2.45) is 0 Å². The van der Waals surface area contributed by atoms with Gasteiger partial charge in [-0.3, -0.25) is 4.79 Å². The van der Waals surface area contributed by atoms with E-state index in [1.807, 2.05) is 30.1 Å². The van der Waals surface area contributed by atoms with E-state index in [0.29, 0.717) is 6.42 Å². The van der Waals surface area contributed by atoms with Crippen LogP contribution in [-0.4, -0.2) is 17.9 Å². The highest BCUT2D eigenvalue weighted by atomic mass is 16.2. The van der Waals surface area contributed by atoms with E-state index < -0.39 is 0 Å². The van der Waals surface area contributed by atoms with Gasteiger partial charge in [0.15, 0.2) is 0 Å². The minimum atomic E-state index is 0.108. The van der Waals surface area contributed by atoms with Crippen LogP contribution in [0, 0.1) is 0 Å². The van der Waals surface area contributed by atoms with Gasteiger partial charge in [-0.2, -0.15) is 0 Å². The quantitative estimate of drug-likeness (QED) is 0.773. The maximum Gasteiger partial charge on any atom is 0.223 e. The Morgan fingerprint density at radius 1 is 1.00 bits per heavy atom. The van der Waals surface area contributed by atoms with Crippen molar-refractivity contribution in [3.63, 3.8) is 0 Å². The van der Waals surface area contributed by atoms with Gasteiger partial charge in [-0.25, -0.2) is 0 Å². The van der Waals surface area contributed by atoms with Gasteiger partial charge in [-0.05, 0) is 36.5 Å². The van der Waals surface area contributed by atoms with Crippen LogP contribution < -0.4 is 0 Å². The Labute approximate surface area is 133 Å². The molecule has 0 aromatic heterocycles. The summed E-state index contributed by atoms with van der Waals surface area (Å²) in [6.45, 7) is 4.22. The molecule has 0 fully saturated rings. The largest absolute Gasteiger partial charge is 0.339 e. The van der Waals surface area contributed by atoms with Crippen LogP contribution in [-0.2, 0) is 17.6 Å². The zero-order chi connectivity index (χ0) is 15.9. The maximum atomic E-state index is 12.4. The first kappa shape index (κ1) is 16.3. The molecule has 0 saturated carbocycles. The number of aryl methyl sites for hydroxylation is 2. The molecular formula is C20H25NO. The average molecular weight is 295 g/mol. The summed E-state index contributed by atoms with van der Waals surface area (Å²) >= 11 is 0. The van der Waals surface area contributed by atoms with Crippen molar-refractivity contribution >= 4 is 5.91 Å². The zero-order valence-corrected chi connectivity index (χ0v) is 13.8. The smallest absolute Gasteiger partial charge is 0.223 e. The third kappa shape index (κ3) is 4.20. The van der Waals surface area contributed by atoms with Gasteiger partial charge in [0.1, 0.15) is 0 Å². The van der Waals surface area contributed by atoms with E-state index in [4.69, 9.17) is 0 Å². The number of hydrogen-bond acceptors (Lipinski definition) is 1. The summed E-state index contributed by atoms with van der Waals surface area (Å²) in [5.41, 5.74) is 3.74. The first-order chi connectivity index (χ1) is 10.6. The summed E-state index contributed by atoms with van der Waals surface area (Å²) in [7, 11) is 1.89. The van der Waals surface area contributed by atoms with E-state index in [9.17, 15) is 4.79 Å². The summed E-state index contributed by atoms with van der Waals surface area (Å²) < 4.78 is 0. The van der Waals surface area contributed by atoms with Crippen molar-refractivity contribution in [3.8, 4) is 0 Å². The topological polar surface area (TPSA) is 20.3 Å². The van der Waals surface area contributed by atoms with Crippen molar-refractivity contribution in [2.45, 2.75) is 39.2 Å². The fourth-order valence-corrected chi connectivity index (χ4v) is 2.54. The molecule has 0 aliphatic carbocycles. The van der Waals surface area contributed by atoms with Crippen LogP contribution in [0.5, 0.6) is 0 Å². The van der Waals surface area contributed by atoms with E-state index in [0.717, 1.165) is 12.8 Å². The van der Waals surface area contributed by atoms with E-state index >= 15 is 0 Å². The van der Waals surface area contributed by atoms with Gasteiger partial charge < -0.3 is 4.90 Å². The van der Waals surface area contributed by atoms with Gasteiger partial charge in [0.2, 0.25) is 5.91 Å². The molecule has 0 aliphatic rings. The highest BCUT2D eigenvalue weighted by Gasteiger charge is 2.16. The summed E-state index contributed by atoms with van der Waals surface area (Å²) in [4.78, 5) is 14.2. The SMILES string of the molecule is CCc1ccc(CCC(=O)N(C)C(C)c2ccccc2)cc1. The number of hydrogen-bond donors (Lipinski definition) is 0. The molecule has 2 nitrogen and oxygen atoms in total. The number of benzene rings is 2. The van der Waals surface area contributed by atoms with Crippen LogP contribution in [0.15, 0.2) is 54.6 Å². The van der Waals surface area contributed by atoms with Crippen LogP contribution in [0.4, 0.5) is 0 Å². The van der Waals surface area contributed by atoms with Gasteiger partial charge in [-0.15, -0.1) is 0 Å². The van der Waals surface area contributed by atoms with Gasteiger partial charge in [0, 0.05) is 13.5 Å². The minimum Gasteiger partial charge on any atom is -0.339 e. The lowest BCUT2D eigenvalue weighted by Crippen LogP contribution is -2.29. The first-order valence-electron chi connectivity index (χ1n) is 8.00. The predicted octanol–water partition coefficient (Wildman–Crippen LogP) is 4.40. The fraction of sp³-hybridized carbons (Fsp3) is 0.350. The van der Waals surface area contributed by atoms with Crippen LogP contribution in [0.2, 0.25) is 0 Å². The molecule has 22 heavy (non-hydrogen) atoms. The Morgan fingerprint density at radius 2 is 1.59 bits per heavy atom. The van der Waals surface area contributed by atoms with Crippen LogP contribution in [0.3, 0.4) is 0 Å². The lowest BCUT2D eigenvalue weighted by Gasteiger charge is -2.25. The molecule has 0 N–H and O–H groups in total. The number of amides is 1. The van der Waals surface area contributed by atoms with E-state index in [2.05, 4.69) is 50.2 Å². The third-order valence-electron chi connectivity index (χ3n) is 4.32. The highest BCUT2D eigenvalue weighted by molar-refractivity contribution is 5.76. The molecule has 0 aliphatic heterocycles. The second-order valence-corrected chi connectivity index (χ2v) is 5.76. The molecule has 0 saturated heterocycles. The van der Waals surface area contributed by atoms with Gasteiger partial charge in [0.05, 0.1) is 6.04 Å². The molecule has 0 radical (unpaired) electrons. The van der Waals surface area contributed by atoms with Crippen LogP contribution in [0.25, 0.3) is 0 Å². The summed E-state index contributed by atoms with van der Waals surface area (Å²) in [5.74, 6) is 0.191. The Balaban J connectivity index is 1.90. The van der Waals surface area contributed by atoms with Crippen molar-refractivity contribution in [1.29, 1.82) is 0 Å². The van der Waals surface area contributed by atoms with E-state index in [1.165, 1.54) is 16.7 Å². The monoisotopic (exact) mass is 295 g/mol. The summed E-state index contributed by atoms with van der Waals surface area (Å²) in [6, 6.07) is 18.8. The summed E-state index contributed by atoms with van der Waals surface area (Å²) in [5, 5.41) is 0. The molecule has 1 atom stereocenters. The van der Waals surface area contributed by atoms with Crippen molar-refractivity contribution in [2.75, 3.05) is 7.05 Å². The molecule has 0 bridgehead atoms.